The average molecular weight is 263 g/mol. The van der Waals surface area contributed by atoms with Gasteiger partial charge in [0.05, 0.1) is 0 Å². The van der Waals surface area contributed by atoms with Crippen molar-refractivity contribution in [1.29, 1.82) is 0 Å². The van der Waals surface area contributed by atoms with E-state index >= 15 is 0 Å². The number of hydrogen-bond acceptors (Lipinski definition) is 2. The van der Waals surface area contributed by atoms with Gasteiger partial charge in [0.25, 0.3) is 0 Å². The van der Waals surface area contributed by atoms with Gasteiger partial charge in [-0.15, -0.1) is 0 Å². The fourth-order valence-corrected chi connectivity index (χ4v) is 3.00. The summed E-state index contributed by atoms with van der Waals surface area (Å²) in [5.41, 5.74) is 1.16. The smallest absolute Gasteiger partial charge is 0.488 e. The van der Waals surface area contributed by atoms with Crippen LogP contribution in [-0.2, 0) is 6.61 Å². The SMILES string of the molecule is [CH2-][Si](C)(C)c1ncccc1OCc1ccccc1.[Li+]. The summed E-state index contributed by atoms with van der Waals surface area (Å²) >= 11 is 0. The molecule has 0 radical (unpaired) electrons. The monoisotopic (exact) mass is 263 g/mol. The van der Waals surface area contributed by atoms with Gasteiger partial charge < -0.3 is 11.3 Å². The molecule has 94 valence electrons. The summed E-state index contributed by atoms with van der Waals surface area (Å²) in [6.45, 7) is 9.17. The molecule has 0 fully saturated rings. The number of nitrogens with zero attached hydrogens (tertiary/aromatic N) is 1. The van der Waals surface area contributed by atoms with Gasteiger partial charge >= 0.3 is 18.9 Å². The van der Waals surface area contributed by atoms with E-state index < -0.39 is 8.07 Å². The van der Waals surface area contributed by atoms with Gasteiger partial charge in [-0.25, -0.2) is 0 Å². The summed E-state index contributed by atoms with van der Waals surface area (Å²) in [5.74, 6) is 0.869. The number of ether oxygens (including phenoxy) is 1. The molecule has 0 bridgehead atoms. The molecule has 2 nitrogen and oxygen atoms in total. The quantitative estimate of drug-likeness (QED) is 0.570. The second-order valence-electron chi connectivity index (χ2n) is 5.01. The van der Waals surface area contributed by atoms with Crippen molar-refractivity contribution in [3.8, 4) is 5.75 Å². The van der Waals surface area contributed by atoms with Crippen molar-refractivity contribution in [3.05, 3.63) is 60.8 Å². The first kappa shape index (κ1) is 16.0. The van der Waals surface area contributed by atoms with Gasteiger partial charge in [-0.3, -0.25) is 4.98 Å². The Balaban J connectivity index is 0.00000180. The van der Waals surface area contributed by atoms with Gasteiger partial charge in [0.15, 0.2) is 0 Å². The van der Waals surface area contributed by atoms with Crippen molar-refractivity contribution in [1.82, 2.24) is 4.98 Å². The van der Waals surface area contributed by atoms with E-state index in [-0.39, 0.29) is 18.9 Å². The minimum atomic E-state index is -1.70. The molecule has 1 heterocycles. The Morgan fingerprint density at radius 3 is 2.42 bits per heavy atom. The zero-order valence-corrected chi connectivity index (χ0v) is 12.9. The van der Waals surface area contributed by atoms with E-state index in [1.807, 2.05) is 36.5 Å². The third kappa shape index (κ3) is 4.54. The number of pyridine rings is 1. The Morgan fingerprint density at radius 1 is 1.11 bits per heavy atom. The molecule has 0 N–H and O–H groups in total. The first-order chi connectivity index (χ1) is 8.57. The standard InChI is InChI=1S/C15H18NOSi.Li/c1-18(2,3)15-14(10-7-11-16-15)17-12-13-8-5-4-6-9-13;/h4-11H,1,12H2,2-3H3;/q-1;+1. The molecule has 0 saturated heterocycles. The minimum absolute atomic E-state index is 0. The zero-order chi connectivity index (χ0) is 13.0. The predicted octanol–water partition coefficient (Wildman–Crippen LogP) is -0.0467. The molecule has 0 saturated carbocycles. The van der Waals surface area contributed by atoms with Gasteiger partial charge in [-0.05, 0) is 25.8 Å². The predicted molar refractivity (Wildman–Crippen MR) is 77.5 cm³/mol. The normalized spacial score (nSPS) is 10.7. The van der Waals surface area contributed by atoms with Gasteiger partial charge in [0.1, 0.15) is 12.4 Å². The number of aromatic nitrogens is 1. The molecule has 0 unspecified atom stereocenters. The van der Waals surface area contributed by atoms with E-state index in [2.05, 4.69) is 36.8 Å². The molecule has 2 rings (SSSR count). The molecular formula is C15H18LiNOSi. The van der Waals surface area contributed by atoms with Crippen molar-refractivity contribution >= 4 is 13.4 Å². The topological polar surface area (TPSA) is 22.1 Å². The van der Waals surface area contributed by atoms with Gasteiger partial charge in [-0.1, -0.05) is 43.4 Å². The molecule has 19 heavy (non-hydrogen) atoms. The maximum atomic E-state index is 5.88. The number of benzene rings is 1. The van der Waals surface area contributed by atoms with Crippen LogP contribution in [-0.4, -0.2) is 13.1 Å². The summed E-state index contributed by atoms with van der Waals surface area (Å²) in [7, 11) is -1.70. The van der Waals surface area contributed by atoms with Crippen LogP contribution in [0.1, 0.15) is 5.56 Å². The van der Waals surface area contributed by atoms with Gasteiger partial charge in [-0.2, -0.15) is 0 Å². The third-order valence-corrected chi connectivity index (χ3v) is 4.31. The van der Waals surface area contributed by atoms with E-state index in [4.69, 9.17) is 4.74 Å². The summed E-state index contributed by atoms with van der Waals surface area (Å²) in [6, 6.07) is 14.0. The number of hydrogen-bond donors (Lipinski definition) is 0. The zero-order valence-electron chi connectivity index (χ0n) is 11.9. The molecule has 1 aromatic carbocycles. The van der Waals surface area contributed by atoms with Crippen LogP contribution in [0.5, 0.6) is 5.75 Å². The summed E-state index contributed by atoms with van der Waals surface area (Å²) in [5, 5.41) is 1.03. The van der Waals surface area contributed by atoms with Crippen LogP contribution in [0.2, 0.25) is 13.1 Å². The Morgan fingerprint density at radius 2 is 1.79 bits per heavy atom. The molecule has 4 heteroatoms. The van der Waals surface area contributed by atoms with E-state index in [1.165, 1.54) is 0 Å². The van der Waals surface area contributed by atoms with Gasteiger partial charge in [0.2, 0.25) is 0 Å². The molecule has 0 aliphatic heterocycles. The molecule has 2 aromatic rings. The Kier molecular flexibility index (Phi) is 5.87. The molecule has 0 amide bonds. The minimum Gasteiger partial charge on any atom is -0.488 e. The first-order valence-corrected chi connectivity index (χ1v) is 9.25. The molecule has 0 aliphatic carbocycles. The van der Waals surface area contributed by atoms with Crippen LogP contribution < -0.4 is 28.9 Å². The third-order valence-electron chi connectivity index (χ3n) is 2.65. The maximum Gasteiger partial charge on any atom is 1.00 e. The van der Waals surface area contributed by atoms with Crippen LogP contribution in [0.15, 0.2) is 48.7 Å². The van der Waals surface area contributed by atoms with E-state index in [0.717, 1.165) is 16.6 Å². The molecule has 0 atom stereocenters. The van der Waals surface area contributed by atoms with Crippen molar-refractivity contribution in [2.45, 2.75) is 19.7 Å². The molecule has 1 aromatic heterocycles. The van der Waals surface area contributed by atoms with Crippen LogP contribution in [0.3, 0.4) is 0 Å². The Hall–Kier alpha value is -1.02. The van der Waals surface area contributed by atoms with Crippen LogP contribution in [0, 0.1) is 6.55 Å². The number of rotatable bonds is 4. The summed E-state index contributed by atoms with van der Waals surface area (Å²) in [4.78, 5) is 4.44. The van der Waals surface area contributed by atoms with E-state index in [9.17, 15) is 0 Å². The first-order valence-electron chi connectivity index (χ1n) is 6.05. The second-order valence-corrected chi connectivity index (χ2v) is 9.25. The molecule has 0 spiro atoms. The summed E-state index contributed by atoms with van der Waals surface area (Å²) < 4.78 is 5.88. The summed E-state index contributed by atoms with van der Waals surface area (Å²) in [6.07, 6.45) is 1.81. The Labute approximate surface area is 128 Å². The van der Waals surface area contributed by atoms with Crippen molar-refractivity contribution < 1.29 is 23.6 Å². The van der Waals surface area contributed by atoms with Crippen molar-refractivity contribution in [3.63, 3.8) is 0 Å². The van der Waals surface area contributed by atoms with Gasteiger partial charge in [0, 0.05) is 11.5 Å². The van der Waals surface area contributed by atoms with Crippen molar-refractivity contribution in [2.75, 3.05) is 0 Å². The van der Waals surface area contributed by atoms with Crippen LogP contribution in [0.4, 0.5) is 0 Å². The second kappa shape index (κ2) is 6.95. The Bertz CT molecular complexity index is 511. The van der Waals surface area contributed by atoms with E-state index in [1.54, 1.807) is 0 Å². The molecule has 0 aliphatic rings. The van der Waals surface area contributed by atoms with Crippen molar-refractivity contribution in [2.24, 2.45) is 0 Å². The fourth-order valence-electron chi connectivity index (χ4n) is 1.75. The molecular weight excluding hydrogens is 245 g/mol. The maximum absolute atomic E-state index is 5.88. The largest absolute Gasteiger partial charge is 1.00 e. The van der Waals surface area contributed by atoms with Crippen LogP contribution >= 0.6 is 0 Å². The fraction of sp³-hybridized carbons (Fsp3) is 0.200. The van der Waals surface area contributed by atoms with Crippen LogP contribution in [0.25, 0.3) is 0 Å². The van der Waals surface area contributed by atoms with E-state index in [0.29, 0.717) is 6.61 Å². The average Bonchev–Trinajstić information content (AvgIpc) is 2.37.